The highest BCUT2D eigenvalue weighted by molar-refractivity contribution is 6.08. The van der Waals surface area contributed by atoms with E-state index in [0.717, 1.165) is 5.56 Å². The molecule has 7 nitrogen and oxygen atoms in total. The van der Waals surface area contributed by atoms with Crippen molar-refractivity contribution < 1.29 is 23.9 Å². The number of carbonyl (C=O) groups is 3. The van der Waals surface area contributed by atoms with Crippen molar-refractivity contribution in [3.63, 3.8) is 0 Å². The number of methoxy groups -OCH3 is 2. The Morgan fingerprint density at radius 2 is 1.78 bits per heavy atom. The molecule has 0 fully saturated rings. The highest BCUT2D eigenvalue weighted by Crippen LogP contribution is 2.23. The fourth-order valence-electron chi connectivity index (χ4n) is 2.27. The van der Waals surface area contributed by atoms with Gasteiger partial charge in [-0.2, -0.15) is 0 Å². The number of hydrogen-bond donors (Lipinski definition) is 2. The second-order valence-corrected chi connectivity index (χ2v) is 5.48. The van der Waals surface area contributed by atoms with Crippen LogP contribution in [-0.2, 0) is 16.1 Å². The molecular weight excluding hydrogens is 348 g/mol. The van der Waals surface area contributed by atoms with Gasteiger partial charge in [-0.05, 0) is 42.0 Å². The monoisotopic (exact) mass is 368 g/mol. The van der Waals surface area contributed by atoms with Crippen LogP contribution in [0.3, 0.4) is 0 Å². The van der Waals surface area contributed by atoms with E-state index in [-0.39, 0.29) is 17.4 Å². The summed E-state index contributed by atoms with van der Waals surface area (Å²) in [5.74, 6) is -0.768. The second-order valence-electron chi connectivity index (χ2n) is 5.48. The van der Waals surface area contributed by atoms with Crippen molar-refractivity contribution >= 4 is 23.5 Å². The first-order valence-electron chi connectivity index (χ1n) is 8.05. The summed E-state index contributed by atoms with van der Waals surface area (Å²) in [4.78, 5) is 35.6. The summed E-state index contributed by atoms with van der Waals surface area (Å²) in [7, 11) is 2.74. The number of nitrogens with one attached hydrogen (secondary N) is 2. The number of amides is 2. The molecule has 0 spiro atoms. The van der Waals surface area contributed by atoms with Gasteiger partial charge in [-0.15, -0.1) is 0 Å². The number of esters is 1. The molecule has 0 unspecified atom stereocenters. The first kappa shape index (κ1) is 19.7. The molecule has 2 amide bonds. The maximum atomic E-state index is 12.5. The Labute approximate surface area is 157 Å². The van der Waals surface area contributed by atoms with Crippen LogP contribution in [0.25, 0.3) is 0 Å². The zero-order valence-electron chi connectivity index (χ0n) is 15.1. The molecule has 0 radical (unpaired) electrons. The van der Waals surface area contributed by atoms with Crippen molar-refractivity contribution in [2.75, 3.05) is 19.5 Å². The predicted octanol–water partition coefficient (Wildman–Crippen LogP) is 2.54. The molecule has 2 rings (SSSR count). The molecular formula is C20H20N2O5. The van der Waals surface area contributed by atoms with Crippen molar-refractivity contribution in [1.29, 1.82) is 0 Å². The van der Waals surface area contributed by atoms with Crippen LogP contribution in [0.15, 0.2) is 55.1 Å². The van der Waals surface area contributed by atoms with Crippen LogP contribution in [0.5, 0.6) is 5.75 Å². The van der Waals surface area contributed by atoms with Crippen LogP contribution in [0.4, 0.5) is 5.69 Å². The summed E-state index contributed by atoms with van der Waals surface area (Å²) >= 11 is 0. The quantitative estimate of drug-likeness (QED) is 0.579. The molecule has 27 heavy (non-hydrogen) atoms. The SMILES string of the molecule is C=CC(=O)NCc1ccc(C(=O)Nc2ccc(OC)cc2C(=O)OC)cc1. The van der Waals surface area contributed by atoms with Crippen molar-refractivity contribution in [2.24, 2.45) is 0 Å². The van der Waals surface area contributed by atoms with Gasteiger partial charge in [0, 0.05) is 12.1 Å². The predicted molar refractivity (Wildman–Crippen MR) is 101 cm³/mol. The van der Waals surface area contributed by atoms with E-state index in [0.29, 0.717) is 23.5 Å². The lowest BCUT2D eigenvalue weighted by Gasteiger charge is -2.12. The van der Waals surface area contributed by atoms with E-state index in [2.05, 4.69) is 17.2 Å². The van der Waals surface area contributed by atoms with E-state index >= 15 is 0 Å². The largest absolute Gasteiger partial charge is 0.497 e. The first-order valence-corrected chi connectivity index (χ1v) is 8.05. The average Bonchev–Trinajstić information content (AvgIpc) is 2.71. The highest BCUT2D eigenvalue weighted by Gasteiger charge is 2.16. The second kappa shape index (κ2) is 9.19. The number of anilines is 1. The van der Waals surface area contributed by atoms with Gasteiger partial charge >= 0.3 is 5.97 Å². The molecule has 0 bridgehead atoms. The lowest BCUT2D eigenvalue weighted by molar-refractivity contribution is -0.116. The molecule has 7 heteroatoms. The summed E-state index contributed by atoms with van der Waals surface area (Å²) in [6.45, 7) is 3.71. The van der Waals surface area contributed by atoms with E-state index in [1.165, 1.54) is 26.4 Å². The minimum absolute atomic E-state index is 0.189. The van der Waals surface area contributed by atoms with Crippen molar-refractivity contribution in [2.45, 2.75) is 6.54 Å². The van der Waals surface area contributed by atoms with Crippen LogP contribution in [0, 0.1) is 0 Å². The molecule has 0 aliphatic carbocycles. The lowest BCUT2D eigenvalue weighted by Crippen LogP contribution is -2.20. The average molecular weight is 368 g/mol. The van der Waals surface area contributed by atoms with Crippen molar-refractivity contribution in [3.05, 3.63) is 71.8 Å². The summed E-state index contributed by atoms with van der Waals surface area (Å²) in [6.07, 6.45) is 1.19. The van der Waals surface area contributed by atoms with E-state index in [1.807, 2.05) is 0 Å². The molecule has 0 aromatic heterocycles. The van der Waals surface area contributed by atoms with Gasteiger partial charge in [-0.25, -0.2) is 4.79 Å². The fourth-order valence-corrected chi connectivity index (χ4v) is 2.27. The van der Waals surface area contributed by atoms with Gasteiger partial charge in [0.15, 0.2) is 0 Å². The molecule has 2 aromatic carbocycles. The molecule has 140 valence electrons. The maximum Gasteiger partial charge on any atom is 0.340 e. The third-order valence-electron chi connectivity index (χ3n) is 3.75. The molecule has 0 aliphatic rings. The lowest BCUT2D eigenvalue weighted by atomic mass is 10.1. The van der Waals surface area contributed by atoms with Gasteiger partial charge in [0.05, 0.1) is 25.5 Å². The fraction of sp³-hybridized carbons (Fsp3) is 0.150. The third kappa shape index (κ3) is 5.18. The van der Waals surface area contributed by atoms with Crippen LogP contribution in [-0.4, -0.2) is 32.0 Å². The Morgan fingerprint density at radius 1 is 1.07 bits per heavy atom. The van der Waals surface area contributed by atoms with E-state index in [1.54, 1.807) is 36.4 Å². The third-order valence-corrected chi connectivity index (χ3v) is 3.75. The van der Waals surface area contributed by atoms with Gasteiger partial charge in [0.25, 0.3) is 5.91 Å². The summed E-state index contributed by atoms with van der Waals surface area (Å²) < 4.78 is 9.85. The zero-order valence-corrected chi connectivity index (χ0v) is 15.1. The van der Waals surface area contributed by atoms with Crippen LogP contribution >= 0.6 is 0 Å². The van der Waals surface area contributed by atoms with Gasteiger partial charge in [0.2, 0.25) is 5.91 Å². The first-order chi connectivity index (χ1) is 13.0. The number of hydrogen-bond acceptors (Lipinski definition) is 5. The van der Waals surface area contributed by atoms with Gasteiger partial charge < -0.3 is 20.1 Å². The molecule has 0 saturated heterocycles. The number of carbonyl (C=O) groups excluding carboxylic acids is 3. The Balaban J connectivity index is 2.14. The van der Waals surface area contributed by atoms with E-state index in [9.17, 15) is 14.4 Å². The molecule has 0 saturated carbocycles. The molecule has 2 N–H and O–H groups in total. The Morgan fingerprint density at radius 3 is 2.37 bits per heavy atom. The summed E-state index contributed by atoms with van der Waals surface area (Å²) in [5.41, 5.74) is 1.74. The number of rotatable bonds is 7. The Hall–Kier alpha value is -3.61. The molecule has 0 atom stereocenters. The maximum absolute atomic E-state index is 12.5. The highest BCUT2D eigenvalue weighted by atomic mass is 16.5. The Bertz CT molecular complexity index is 859. The van der Waals surface area contributed by atoms with Crippen LogP contribution in [0.2, 0.25) is 0 Å². The number of benzene rings is 2. The zero-order chi connectivity index (χ0) is 19.8. The topological polar surface area (TPSA) is 93.7 Å². The number of ether oxygens (including phenoxy) is 2. The summed E-state index contributed by atoms with van der Waals surface area (Å²) in [6, 6.07) is 11.4. The normalized spacial score (nSPS) is 9.85. The van der Waals surface area contributed by atoms with Crippen LogP contribution < -0.4 is 15.4 Å². The van der Waals surface area contributed by atoms with Gasteiger partial charge in [0.1, 0.15) is 5.75 Å². The van der Waals surface area contributed by atoms with E-state index in [4.69, 9.17) is 9.47 Å². The summed E-state index contributed by atoms with van der Waals surface area (Å²) in [5, 5.41) is 5.35. The molecule has 0 aliphatic heterocycles. The standard InChI is InChI=1S/C20H20N2O5/c1-4-18(23)21-12-13-5-7-14(8-6-13)19(24)22-17-10-9-15(26-2)11-16(17)20(25)27-3/h4-11H,1,12H2,2-3H3,(H,21,23)(H,22,24). The minimum atomic E-state index is -0.586. The van der Waals surface area contributed by atoms with E-state index < -0.39 is 5.97 Å². The smallest absolute Gasteiger partial charge is 0.340 e. The van der Waals surface area contributed by atoms with Crippen molar-refractivity contribution in [3.8, 4) is 5.75 Å². The molecule has 2 aromatic rings. The Kier molecular flexibility index (Phi) is 6.71. The van der Waals surface area contributed by atoms with Crippen molar-refractivity contribution in [1.82, 2.24) is 5.32 Å². The molecule has 0 heterocycles. The van der Waals surface area contributed by atoms with Crippen LogP contribution in [0.1, 0.15) is 26.3 Å². The minimum Gasteiger partial charge on any atom is -0.497 e. The van der Waals surface area contributed by atoms with Gasteiger partial charge in [-0.3, -0.25) is 9.59 Å². The van der Waals surface area contributed by atoms with Gasteiger partial charge in [-0.1, -0.05) is 18.7 Å².